The number of hydrogen-bond acceptors (Lipinski definition) is 0. The summed E-state index contributed by atoms with van der Waals surface area (Å²) in [4.78, 5) is 0. The molecule has 0 aromatic heterocycles. The van der Waals surface area contributed by atoms with E-state index in [1.54, 1.807) is 0 Å². The summed E-state index contributed by atoms with van der Waals surface area (Å²) < 4.78 is 0. The molecule has 0 saturated carbocycles. The second-order valence-corrected chi connectivity index (χ2v) is 0. The molecule has 0 amide bonds. The van der Waals surface area contributed by atoms with Crippen molar-refractivity contribution in [3.63, 3.8) is 0 Å². The van der Waals surface area contributed by atoms with E-state index in [9.17, 15) is 0 Å². The maximum atomic E-state index is 4.06. The first kappa shape index (κ1) is 16.6. The molecule has 0 aliphatic carbocycles. The predicted molar refractivity (Wildman–Crippen MR) is 26.1 cm³/mol. The second-order valence-electron chi connectivity index (χ2n) is 0. The molecule has 0 aromatic carbocycles. The van der Waals surface area contributed by atoms with Gasteiger partial charge in [0.15, 0.2) is 0 Å². The summed E-state index contributed by atoms with van der Waals surface area (Å²) in [6.07, 6.45) is 0. The van der Waals surface area contributed by atoms with Crippen molar-refractivity contribution in [3.05, 3.63) is 0 Å². The van der Waals surface area contributed by atoms with Gasteiger partial charge in [-0.1, -0.05) is 0 Å². The van der Waals surface area contributed by atoms with E-state index in [1.807, 2.05) is 0 Å². The molecule has 0 unspecified atom stereocenters. The van der Waals surface area contributed by atoms with Gasteiger partial charge in [-0.25, -0.2) is 0 Å². The van der Waals surface area contributed by atoms with Gasteiger partial charge in [-0.2, -0.15) is 13.5 Å². The van der Waals surface area contributed by atoms with Crippen LogP contribution in [0.2, 0.25) is 0 Å². The molecule has 0 N–H and O–H groups in total. The van der Waals surface area contributed by atoms with Crippen LogP contribution >= 0.6 is 13.5 Å². The van der Waals surface area contributed by atoms with Crippen LogP contribution in [0, 0.1) is 0 Å². The van der Waals surface area contributed by atoms with Crippen LogP contribution in [0.1, 0.15) is 0 Å². The minimum absolute atomic E-state index is 0. The summed E-state index contributed by atoms with van der Waals surface area (Å²) in [5.41, 5.74) is 0. The molecular weight excluding hydrogens is 244 g/mol. The van der Waals surface area contributed by atoms with Crippen molar-refractivity contribution >= 4 is 46.9 Å². The SMILES string of the molecule is S.[Cu]=[Se].[GaH3]. The maximum absolute atomic E-state index is 4.06. The molecule has 4 heteroatoms. The fourth-order valence-electron chi connectivity index (χ4n) is 0. The van der Waals surface area contributed by atoms with E-state index >= 15 is 0 Å². The summed E-state index contributed by atoms with van der Waals surface area (Å²) in [6, 6.07) is 0. The Balaban J connectivity index is -0.00000000500. The van der Waals surface area contributed by atoms with Crippen molar-refractivity contribution in [1.29, 1.82) is 0 Å². The summed E-state index contributed by atoms with van der Waals surface area (Å²) in [5.74, 6) is 0. The Morgan fingerprint density at radius 1 is 1.25 bits per heavy atom. The molecule has 0 nitrogen and oxygen atoms in total. The van der Waals surface area contributed by atoms with Crippen molar-refractivity contribution in [1.82, 2.24) is 0 Å². The topological polar surface area (TPSA) is 0 Å². The zero-order valence-corrected chi connectivity index (χ0v) is 4.86. The van der Waals surface area contributed by atoms with Crippen molar-refractivity contribution in [2.45, 2.75) is 0 Å². The molecule has 0 aliphatic heterocycles. The van der Waals surface area contributed by atoms with Gasteiger partial charge in [-0.15, -0.1) is 0 Å². The molecule has 31 valence electrons. The third-order valence-corrected chi connectivity index (χ3v) is 0. The summed E-state index contributed by atoms with van der Waals surface area (Å²) in [6.45, 7) is 0. The Bertz CT molecular complexity index is 8.00. The molecule has 0 atom stereocenters. The Labute approximate surface area is 60.1 Å². The van der Waals surface area contributed by atoms with Crippen LogP contribution < -0.4 is 0 Å². The molecule has 0 heterocycles. The fraction of sp³-hybridized carbons (Fsp3) is 0. The van der Waals surface area contributed by atoms with E-state index < -0.39 is 0 Å². The van der Waals surface area contributed by atoms with Gasteiger partial charge in [0.2, 0.25) is 0 Å². The van der Waals surface area contributed by atoms with E-state index in [2.05, 4.69) is 27.3 Å². The van der Waals surface area contributed by atoms with E-state index in [4.69, 9.17) is 0 Å². The quantitative estimate of drug-likeness (QED) is 0.461. The predicted octanol–water partition coefficient (Wildman–Crippen LogP) is -1.45. The first-order valence-electron chi connectivity index (χ1n) is 0.123. The summed E-state index contributed by atoms with van der Waals surface area (Å²) >= 11 is 6.25. The van der Waals surface area contributed by atoms with Crippen LogP contribution in [-0.2, 0) is 13.7 Å². The van der Waals surface area contributed by atoms with Gasteiger partial charge in [-0.05, 0) is 0 Å². The molecule has 4 heavy (non-hydrogen) atoms. The molecule has 0 aliphatic rings. The molecule has 0 bridgehead atoms. The van der Waals surface area contributed by atoms with Crippen molar-refractivity contribution in [2.24, 2.45) is 0 Å². The Morgan fingerprint density at radius 3 is 1.25 bits per heavy atom. The molecular formula is H5CuGaSSe. The molecule has 0 aromatic rings. The van der Waals surface area contributed by atoms with Crippen molar-refractivity contribution in [2.75, 3.05) is 0 Å². The van der Waals surface area contributed by atoms with Gasteiger partial charge in [-0.3, -0.25) is 0 Å². The third-order valence-electron chi connectivity index (χ3n) is 0. The van der Waals surface area contributed by atoms with Gasteiger partial charge in [0, 0.05) is 0 Å². The molecule has 0 radical (unpaired) electrons. The van der Waals surface area contributed by atoms with Crippen LogP contribution in [0.3, 0.4) is 0 Å². The minimum atomic E-state index is 0. The van der Waals surface area contributed by atoms with Crippen molar-refractivity contribution in [3.8, 4) is 0 Å². The Morgan fingerprint density at radius 2 is 1.25 bits per heavy atom. The Hall–Kier alpha value is 2.03. The van der Waals surface area contributed by atoms with Crippen LogP contribution in [0.4, 0.5) is 0 Å². The van der Waals surface area contributed by atoms with Crippen LogP contribution in [0.15, 0.2) is 0 Å². The molecule has 0 rings (SSSR count). The second kappa shape index (κ2) is 19.9. The summed E-state index contributed by atoms with van der Waals surface area (Å²) in [5, 5.41) is 0. The number of rotatable bonds is 0. The van der Waals surface area contributed by atoms with Gasteiger partial charge < -0.3 is 0 Å². The average molecular weight is 249 g/mol. The standard InChI is InChI=1S/Cu.Ga.H2S.Se.3H/h;;1H2;;;;. The van der Waals surface area contributed by atoms with E-state index in [0.29, 0.717) is 0 Å². The van der Waals surface area contributed by atoms with Gasteiger partial charge in [0.1, 0.15) is 0 Å². The molecule has 0 fully saturated rings. The van der Waals surface area contributed by atoms with E-state index in [1.165, 1.54) is 0 Å². The Kier molecular flexibility index (Phi) is 82.5. The van der Waals surface area contributed by atoms with E-state index in [0.717, 1.165) is 0 Å². The molecule has 0 saturated heterocycles. The van der Waals surface area contributed by atoms with Crippen LogP contribution in [0.5, 0.6) is 0 Å². The van der Waals surface area contributed by atoms with Crippen molar-refractivity contribution < 1.29 is 13.7 Å². The summed E-state index contributed by atoms with van der Waals surface area (Å²) in [7, 11) is 0. The van der Waals surface area contributed by atoms with Gasteiger partial charge in [0.25, 0.3) is 0 Å². The first-order valence-corrected chi connectivity index (χ1v) is 2.64. The molecule has 0 spiro atoms. The third kappa shape index (κ3) is 8.98. The normalized spacial score (nSPS) is 1.50. The number of hydrogen-bond donors (Lipinski definition) is 0. The van der Waals surface area contributed by atoms with Crippen LogP contribution in [0.25, 0.3) is 0 Å². The average Bonchev–Trinajstić information content (AvgIpc) is 1.00. The van der Waals surface area contributed by atoms with Gasteiger partial charge in [0.05, 0.1) is 0 Å². The van der Waals surface area contributed by atoms with Crippen LogP contribution in [-0.4, -0.2) is 33.4 Å². The first-order chi connectivity index (χ1) is 1.00. The monoisotopic (exact) mass is 249 g/mol. The zero-order chi connectivity index (χ0) is 2.00. The van der Waals surface area contributed by atoms with E-state index in [-0.39, 0.29) is 33.3 Å². The fourth-order valence-corrected chi connectivity index (χ4v) is 0. The van der Waals surface area contributed by atoms with Gasteiger partial charge >= 0.3 is 47.1 Å². The zero-order valence-electron chi connectivity index (χ0n) is 1.21.